The molecule has 5 nitrogen and oxygen atoms in total. The van der Waals surface area contributed by atoms with Crippen LogP contribution in [-0.4, -0.2) is 9.91 Å². The Balaban J connectivity index is 2.40. The molecule has 0 bridgehead atoms. The number of aromatic nitrogens is 1. The van der Waals surface area contributed by atoms with Crippen LogP contribution >= 0.6 is 0 Å². The predicted octanol–water partition coefficient (Wildman–Crippen LogP) is 2.53. The molecule has 0 aliphatic carbocycles. The van der Waals surface area contributed by atoms with Gasteiger partial charge in [0.05, 0.1) is 22.2 Å². The Morgan fingerprint density at radius 1 is 1.29 bits per heavy atom. The molecule has 1 aromatic carbocycles. The van der Waals surface area contributed by atoms with Crippen LogP contribution in [0.2, 0.25) is 0 Å². The Morgan fingerprint density at radius 2 is 2.12 bits per heavy atom. The summed E-state index contributed by atoms with van der Waals surface area (Å²) in [6, 6.07) is 11.9. The largest absolute Gasteiger partial charge is 0.287 e. The number of nitrogens with zero attached hydrogens (tertiary/aromatic N) is 3. The smallest absolute Gasteiger partial charge is 0.258 e. The summed E-state index contributed by atoms with van der Waals surface area (Å²) in [6.45, 7) is 0. The van der Waals surface area contributed by atoms with Crippen LogP contribution in [0.5, 0.6) is 0 Å². The number of benzene rings is 1. The van der Waals surface area contributed by atoms with Crippen LogP contribution in [-0.2, 0) is 0 Å². The molecule has 1 heterocycles. The Bertz CT molecular complexity index is 600. The maximum Gasteiger partial charge on any atom is 0.287 e. The van der Waals surface area contributed by atoms with E-state index in [9.17, 15) is 10.1 Å². The Labute approximate surface area is 97.1 Å². The van der Waals surface area contributed by atoms with Gasteiger partial charge in [0.25, 0.3) is 5.69 Å². The average Bonchev–Trinajstić information content (AvgIpc) is 2.39. The first-order valence-corrected chi connectivity index (χ1v) is 4.81. The molecule has 5 heteroatoms. The third-order valence-corrected chi connectivity index (χ3v) is 2.25. The lowest BCUT2D eigenvalue weighted by molar-refractivity contribution is -0.385. The lowest BCUT2D eigenvalue weighted by Gasteiger charge is -2.00. The number of rotatable bonds is 2. The van der Waals surface area contributed by atoms with Gasteiger partial charge in [-0.15, -0.1) is 0 Å². The molecule has 0 amide bonds. The second-order valence-electron chi connectivity index (χ2n) is 3.35. The van der Waals surface area contributed by atoms with E-state index in [1.165, 1.54) is 12.3 Å². The molecule has 2 rings (SSSR count). The quantitative estimate of drug-likeness (QED) is 0.581. The molecule has 0 atom stereocenters. The molecule has 1 aromatic heterocycles. The predicted molar refractivity (Wildman–Crippen MR) is 61.0 cm³/mol. The third-order valence-electron chi connectivity index (χ3n) is 2.25. The van der Waals surface area contributed by atoms with Crippen LogP contribution in [0.25, 0.3) is 11.3 Å². The van der Waals surface area contributed by atoms with E-state index >= 15 is 0 Å². The van der Waals surface area contributed by atoms with Crippen molar-refractivity contribution in [1.29, 1.82) is 5.26 Å². The van der Waals surface area contributed by atoms with Crippen molar-refractivity contribution in [2.24, 2.45) is 0 Å². The molecule has 0 saturated heterocycles. The summed E-state index contributed by atoms with van der Waals surface area (Å²) in [6.07, 6.45) is 1.20. The zero-order valence-corrected chi connectivity index (χ0v) is 8.70. The topological polar surface area (TPSA) is 79.8 Å². The number of pyridine rings is 1. The molecular formula is C12H7N3O2. The van der Waals surface area contributed by atoms with Crippen LogP contribution in [0.15, 0.2) is 42.6 Å². The van der Waals surface area contributed by atoms with E-state index in [1.54, 1.807) is 30.3 Å². The number of nitriles is 1. The average molecular weight is 225 g/mol. The van der Waals surface area contributed by atoms with Gasteiger partial charge in [-0.2, -0.15) is 5.26 Å². The van der Waals surface area contributed by atoms with E-state index in [4.69, 9.17) is 5.26 Å². The van der Waals surface area contributed by atoms with E-state index in [-0.39, 0.29) is 5.69 Å². The molecule has 0 aliphatic rings. The van der Waals surface area contributed by atoms with Gasteiger partial charge in [-0.3, -0.25) is 10.1 Å². The van der Waals surface area contributed by atoms with E-state index in [1.807, 2.05) is 6.07 Å². The summed E-state index contributed by atoms with van der Waals surface area (Å²) in [5.41, 5.74) is 1.85. The van der Waals surface area contributed by atoms with Gasteiger partial charge in [0, 0.05) is 11.6 Å². The fraction of sp³-hybridized carbons (Fsp3) is 0. The lowest BCUT2D eigenvalue weighted by atomic mass is 10.1. The summed E-state index contributed by atoms with van der Waals surface area (Å²) in [5.74, 6) is 0. The molecule has 82 valence electrons. The van der Waals surface area contributed by atoms with Gasteiger partial charge in [-0.25, -0.2) is 4.98 Å². The summed E-state index contributed by atoms with van der Waals surface area (Å²) in [4.78, 5) is 14.0. The number of hydrogen-bond donors (Lipinski definition) is 0. The molecule has 17 heavy (non-hydrogen) atoms. The number of hydrogen-bond acceptors (Lipinski definition) is 4. The Kier molecular flexibility index (Phi) is 2.79. The first-order valence-electron chi connectivity index (χ1n) is 4.81. The first-order chi connectivity index (χ1) is 8.20. The fourth-order valence-electron chi connectivity index (χ4n) is 1.41. The SMILES string of the molecule is N#Cc1cccc(-c2ccc([N+](=O)[O-])cn2)c1. The van der Waals surface area contributed by atoms with Crippen molar-refractivity contribution in [3.8, 4) is 17.3 Å². The van der Waals surface area contributed by atoms with E-state index < -0.39 is 4.92 Å². The van der Waals surface area contributed by atoms with Crippen molar-refractivity contribution < 1.29 is 4.92 Å². The molecule has 0 radical (unpaired) electrons. The van der Waals surface area contributed by atoms with Gasteiger partial charge in [0.15, 0.2) is 0 Å². The normalized spacial score (nSPS) is 9.59. The Morgan fingerprint density at radius 3 is 2.71 bits per heavy atom. The molecule has 0 spiro atoms. The summed E-state index contributed by atoms with van der Waals surface area (Å²) < 4.78 is 0. The van der Waals surface area contributed by atoms with Crippen LogP contribution in [0.4, 0.5) is 5.69 Å². The Hall–Kier alpha value is -2.74. The highest BCUT2D eigenvalue weighted by Crippen LogP contribution is 2.20. The minimum Gasteiger partial charge on any atom is -0.258 e. The molecular weight excluding hydrogens is 218 g/mol. The van der Waals surface area contributed by atoms with Crippen molar-refractivity contribution in [3.05, 3.63) is 58.3 Å². The van der Waals surface area contributed by atoms with Crippen LogP contribution in [0, 0.1) is 21.4 Å². The second kappa shape index (κ2) is 4.41. The van der Waals surface area contributed by atoms with Crippen molar-refractivity contribution in [2.75, 3.05) is 0 Å². The molecule has 0 unspecified atom stereocenters. The van der Waals surface area contributed by atoms with E-state index in [0.717, 1.165) is 5.56 Å². The zero-order valence-electron chi connectivity index (χ0n) is 8.70. The van der Waals surface area contributed by atoms with Gasteiger partial charge in [-0.05, 0) is 18.2 Å². The number of nitro groups is 1. The summed E-state index contributed by atoms with van der Waals surface area (Å²) >= 11 is 0. The first kappa shape index (κ1) is 10.8. The summed E-state index contributed by atoms with van der Waals surface area (Å²) in [7, 11) is 0. The monoisotopic (exact) mass is 225 g/mol. The van der Waals surface area contributed by atoms with Crippen LogP contribution < -0.4 is 0 Å². The highest BCUT2D eigenvalue weighted by molar-refractivity contribution is 5.61. The lowest BCUT2D eigenvalue weighted by Crippen LogP contribution is -1.90. The van der Waals surface area contributed by atoms with Crippen molar-refractivity contribution in [1.82, 2.24) is 4.98 Å². The second-order valence-corrected chi connectivity index (χ2v) is 3.35. The molecule has 0 N–H and O–H groups in total. The molecule has 0 saturated carbocycles. The van der Waals surface area contributed by atoms with E-state index in [0.29, 0.717) is 11.3 Å². The van der Waals surface area contributed by atoms with Gasteiger partial charge in [-0.1, -0.05) is 12.1 Å². The van der Waals surface area contributed by atoms with Crippen molar-refractivity contribution in [3.63, 3.8) is 0 Å². The van der Waals surface area contributed by atoms with Crippen molar-refractivity contribution in [2.45, 2.75) is 0 Å². The third kappa shape index (κ3) is 2.26. The van der Waals surface area contributed by atoms with Gasteiger partial charge in [0.2, 0.25) is 0 Å². The van der Waals surface area contributed by atoms with Gasteiger partial charge in [0.1, 0.15) is 6.20 Å². The highest BCUT2D eigenvalue weighted by atomic mass is 16.6. The maximum atomic E-state index is 10.5. The van der Waals surface area contributed by atoms with Gasteiger partial charge < -0.3 is 0 Å². The molecule has 0 aliphatic heterocycles. The van der Waals surface area contributed by atoms with Crippen molar-refractivity contribution >= 4 is 5.69 Å². The molecule has 2 aromatic rings. The maximum absolute atomic E-state index is 10.5. The molecule has 0 fully saturated rings. The standard InChI is InChI=1S/C12H7N3O2/c13-7-9-2-1-3-10(6-9)12-5-4-11(8-14-12)15(16)17/h1-6,8H. The summed E-state index contributed by atoms with van der Waals surface area (Å²) in [5, 5.41) is 19.2. The minimum atomic E-state index is -0.498. The fourth-order valence-corrected chi connectivity index (χ4v) is 1.41. The van der Waals surface area contributed by atoms with Crippen LogP contribution in [0.1, 0.15) is 5.56 Å². The minimum absolute atomic E-state index is 0.0508. The van der Waals surface area contributed by atoms with Crippen LogP contribution in [0.3, 0.4) is 0 Å². The highest BCUT2D eigenvalue weighted by Gasteiger charge is 2.06. The zero-order chi connectivity index (χ0) is 12.3. The van der Waals surface area contributed by atoms with E-state index in [2.05, 4.69) is 4.98 Å². The van der Waals surface area contributed by atoms with Gasteiger partial charge >= 0.3 is 0 Å².